The highest BCUT2D eigenvalue weighted by Crippen LogP contribution is 2.29. The third kappa shape index (κ3) is 8.12. The maximum atomic E-state index is 11.2. The van der Waals surface area contributed by atoms with Gasteiger partial charge in [-0.1, -0.05) is 48.5 Å². The van der Waals surface area contributed by atoms with Crippen molar-refractivity contribution in [2.24, 2.45) is 5.41 Å². The minimum atomic E-state index is -0.833. The number of carbonyl (C=O) groups is 1. The summed E-state index contributed by atoms with van der Waals surface area (Å²) < 4.78 is 6.03. The standard InChI is InChI=1S/C30H35NO4/c1-30(2,29(33)34)20-12-4-9-19-27(32)25-22-24-17-10-11-18-26(24)31-28(25)35-21-13-5-8-16-23-14-6-3-7-15-23/h3,6-7,10-11,14-15,17-18,22,27,32H,5,8,12-13,16,19-21H2,1-2H3,(H,33,34). The average Bonchev–Trinajstić information content (AvgIpc) is 2.85. The third-order valence-corrected chi connectivity index (χ3v) is 6.14. The summed E-state index contributed by atoms with van der Waals surface area (Å²) in [5.74, 6) is 5.61. The molecule has 0 amide bonds. The van der Waals surface area contributed by atoms with E-state index in [9.17, 15) is 15.0 Å². The lowest BCUT2D eigenvalue weighted by molar-refractivity contribution is -0.147. The third-order valence-electron chi connectivity index (χ3n) is 6.14. The Morgan fingerprint density at radius 2 is 1.77 bits per heavy atom. The smallest absolute Gasteiger partial charge is 0.309 e. The van der Waals surface area contributed by atoms with Gasteiger partial charge in [0.25, 0.3) is 0 Å². The van der Waals surface area contributed by atoms with E-state index in [1.807, 2.05) is 36.4 Å². The second kappa shape index (κ2) is 12.9. The number of aliphatic carboxylic acids is 1. The first-order valence-corrected chi connectivity index (χ1v) is 12.3. The summed E-state index contributed by atoms with van der Waals surface area (Å²) in [6, 6.07) is 20.2. The van der Waals surface area contributed by atoms with Crippen LogP contribution >= 0.6 is 0 Å². The first-order chi connectivity index (χ1) is 16.9. The summed E-state index contributed by atoms with van der Waals surface area (Å²) in [7, 11) is 0. The van der Waals surface area contributed by atoms with Crippen molar-refractivity contribution in [3.63, 3.8) is 0 Å². The van der Waals surface area contributed by atoms with Gasteiger partial charge in [-0.25, -0.2) is 4.98 Å². The summed E-state index contributed by atoms with van der Waals surface area (Å²) >= 11 is 0. The first kappa shape index (κ1) is 26.2. The minimum absolute atomic E-state index is 0.237. The minimum Gasteiger partial charge on any atom is -0.481 e. The number of ether oxygens (including phenoxy) is 1. The highest BCUT2D eigenvalue weighted by Gasteiger charge is 2.25. The molecule has 3 rings (SSSR count). The van der Waals surface area contributed by atoms with Crippen LogP contribution in [-0.2, 0) is 11.2 Å². The van der Waals surface area contributed by atoms with Crippen LogP contribution in [-0.4, -0.2) is 27.8 Å². The van der Waals surface area contributed by atoms with E-state index in [2.05, 4.69) is 41.1 Å². The Balaban J connectivity index is 1.57. The Bertz CT molecular complexity index is 1160. The van der Waals surface area contributed by atoms with Crippen LogP contribution in [0.3, 0.4) is 0 Å². The number of nitrogens with zero attached hydrogens (tertiary/aromatic N) is 1. The normalized spacial score (nSPS) is 12.1. The maximum absolute atomic E-state index is 11.2. The van der Waals surface area contributed by atoms with Crippen molar-refractivity contribution < 1.29 is 19.7 Å². The van der Waals surface area contributed by atoms with Gasteiger partial charge in [0.2, 0.25) is 5.88 Å². The summed E-state index contributed by atoms with van der Waals surface area (Å²) in [5, 5.41) is 21.0. The molecule has 0 bridgehead atoms. The number of rotatable bonds is 12. The Morgan fingerprint density at radius 3 is 2.54 bits per heavy atom. The molecule has 35 heavy (non-hydrogen) atoms. The number of para-hydroxylation sites is 1. The molecule has 5 heteroatoms. The number of carboxylic acids is 1. The van der Waals surface area contributed by atoms with Crippen LogP contribution in [0.25, 0.3) is 10.9 Å². The molecule has 0 saturated carbocycles. The van der Waals surface area contributed by atoms with Gasteiger partial charge in [0.1, 0.15) is 0 Å². The molecule has 5 nitrogen and oxygen atoms in total. The fourth-order valence-electron chi connectivity index (χ4n) is 3.74. The SMILES string of the molecule is CC(C)(CCC#CCC(O)c1cc2ccccc2nc1OCCCCCc1ccccc1)C(=O)O. The van der Waals surface area contributed by atoms with Crippen LogP contribution in [0.1, 0.15) is 69.6 Å². The Kier molecular flexibility index (Phi) is 9.69. The number of aryl methyl sites for hydroxylation is 1. The van der Waals surface area contributed by atoms with E-state index in [0.717, 1.165) is 36.6 Å². The van der Waals surface area contributed by atoms with Crippen LogP contribution in [0.2, 0.25) is 0 Å². The lowest BCUT2D eigenvalue weighted by atomic mass is 9.88. The highest BCUT2D eigenvalue weighted by molar-refractivity contribution is 5.80. The van der Waals surface area contributed by atoms with Gasteiger partial charge in [0.15, 0.2) is 0 Å². The molecule has 0 spiro atoms. The molecule has 0 saturated heterocycles. The van der Waals surface area contributed by atoms with E-state index < -0.39 is 17.5 Å². The van der Waals surface area contributed by atoms with Crippen LogP contribution in [0.5, 0.6) is 5.88 Å². The molecule has 1 heterocycles. The number of hydrogen-bond donors (Lipinski definition) is 2. The molecule has 184 valence electrons. The second-order valence-electron chi connectivity index (χ2n) is 9.48. The quantitative estimate of drug-likeness (QED) is 0.237. The lowest BCUT2D eigenvalue weighted by Gasteiger charge is -2.16. The zero-order chi connectivity index (χ0) is 25.1. The Labute approximate surface area is 208 Å². The number of benzene rings is 2. The van der Waals surface area contributed by atoms with Gasteiger partial charge in [-0.3, -0.25) is 4.79 Å². The van der Waals surface area contributed by atoms with E-state index in [1.165, 1.54) is 5.56 Å². The van der Waals surface area contributed by atoms with Crippen LogP contribution < -0.4 is 4.74 Å². The monoisotopic (exact) mass is 473 g/mol. The van der Waals surface area contributed by atoms with Crippen molar-refractivity contribution in [3.05, 3.63) is 71.8 Å². The number of unbranched alkanes of at least 4 members (excludes halogenated alkanes) is 2. The number of aliphatic hydroxyl groups excluding tert-OH is 1. The fraction of sp³-hybridized carbons (Fsp3) is 0.400. The van der Waals surface area contributed by atoms with Gasteiger partial charge in [0, 0.05) is 23.8 Å². The molecule has 0 aliphatic heterocycles. The zero-order valence-electron chi connectivity index (χ0n) is 20.7. The molecule has 2 N–H and O–H groups in total. The number of carboxylic acid groups (broad SMARTS) is 1. The van der Waals surface area contributed by atoms with E-state index >= 15 is 0 Å². The van der Waals surface area contributed by atoms with E-state index in [-0.39, 0.29) is 6.42 Å². The maximum Gasteiger partial charge on any atom is 0.309 e. The lowest BCUT2D eigenvalue weighted by Crippen LogP contribution is -2.23. The fourth-order valence-corrected chi connectivity index (χ4v) is 3.74. The highest BCUT2D eigenvalue weighted by atomic mass is 16.5. The number of pyridine rings is 1. The predicted octanol–water partition coefficient (Wildman–Crippen LogP) is 6.34. The largest absolute Gasteiger partial charge is 0.481 e. The first-order valence-electron chi connectivity index (χ1n) is 12.3. The van der Waals surface area contributed by atoms with Gasteiger partial charge >= 0.3 is 5.97 Å². The van der Waals surface area contributed by atoms with Crippen molar-refractivity contribution >= 4 is 16.9 Å². The van der Waals surface area contributed by atoms with Gasteiger partial charge in [-0.05, 0) is 63.6 Å². The van der Waals surface area contributed by atoms with Gasteiger partial charge in [0.05, 0.1) is 23.6 Å². The summed E-state index contributed by atoms with van der Waals surface area (Å²) in [5.41, 5.74) is 2.00. The number of fused-ring (bicyclic) bond motifs is 1. The Hall–Kier alpha value is -3.36. The van der Waals surface area contributed by atoms with Crippen molar-refractivity contribution in [2.75, 3.05) is 6.61 Å². The molecular weight excluding hydrogens is 438 g/mol. The predicted molar refractivity (Wildman–Crippen MR) is 139 cm³/mol. The number of hydrogen-bond acceptors (Lipinski definition) is 4. The van der Waals surface area contributed by atoms with Gasteiger partial charge < -0.3 is 14.9 Å². The molecule has 2 aromatic carbocycles. The van der Waals surface area contributed by atoms with Crippen LogP contribution in [0.15, 0.2) is 60.7 Å². The molecule has 1 unspecified atom stereocenters. The molecule has 1 aromatic heterocycles. The van der Waals surface area contributed by atoms with Crippen molar-refractivity contribution in [3.8, 4) is 17.7 Å². The molecule has 3 aromatic rings. The molecule has 0 fully saturated rings. The van der Waals surface area contributed by atoms with Gasteiger partial charge in [-0.15, -0.1) is 11.8 Å². The topological polar surface area (TPSA) is 79.7 Å². The molecule has 0 radical (unpaired) electrons. The molecule has 0 aliphatic carbocycles. The van der Waals surface area contributed by atoms with Crippen molar-refractivity contribution in [1.82, 2.24) is 4.98 Å². The van der Waals surface area contributed by atoms with Crippen molar-refractivity contribution in [1.29, 1.82) is 0 Å². The van der Waals surface area contributed by atoms with Crippen LogP contribution in [0.4, 0.5) is 0 Å². The Morgan fingerprint density at radius 1 is 1.03 bits per heavy atom. The number of aliphatic hydroxyl groups is 1. The molecular formula is C30H35NO4. The van der Waals surface area contributed by atoms with Gasteiger partial charge in [-0.2, -0.15) is 0 Å². The van der Waals surface area contributed by atoms with E-state index in [1.54, 1.807) is 13.8 Å². The van der Waals surface area contributed by atoms with E-state index in [4.69, 9.17) is 4.74 Å². The summed E-state index contributed by atoms with van der Waals surface area (Å²) in [6.07, 6.45) is 4.45. The summed E-state index contributed by atoms with van der Waals surface area (Å²) in [6.45, 7) is 3.92. The summed E-state index contributed by atoms with van der Waals surface area (Å²) in [4.78, 5) is 15.9. The number of aromatic nitrogens is 1. The van der Waals surface area contributed by atoms with Crippen LogP contribution in [0, 0.1) is 17.3 Å². The van der Waals surface area contributed by atoms with Crippen molar-refractivity contribution in [2.45, 2.75) is 64.9 Å². The zero-order valence-corrected chi connectivity index (χ0v) is 20.7. The molecule has 0 aliphatic rings. The average molecular weight is 474 g/mol. The van der Waals surface area contributed by atoms with E-state index in [0.29, 0.717) is 30.9 Å². The molecule has 1 atom stereocenters. The second-order valence-corrected chi connectivity index (χ2v) is 9.48.